The number of aromatic nitrogens is 2. The van der Waals surface area contributed by atoms with Crippen LogP contribution in [-0.4, -0.2) is 16.0 Å². The van der Waals surface area contributed by atoms with Gasteiger partial charge in [-0.15, -0.1) is 0 Å². The van der Waals surface area contributed by atoms with Crippen molar-refractivity contribution in [2.24, 2.45) is 0 Å². The quantitative estimate of drug-likeness (QED) is 0.860. The van der Waals surface area contributed by atoms with Gasteiger partial charge in [0.05, 0.1) is 11.4 Å². The SMILES string of the molecule is CC=C(C)C(=O)C=Cc1cc(-c2ccc(F)cc2)n[nH]1. The van der Waals surface area contributed by atoms with Crippen molar-refractivity contribution in [2.45, 2.75) is 13.8 Å². The van der Waals surface area contributed by atoms with Gasteiger partial charge in [-0.3, -0.25) is 9.89 Å². The summed E-state index contributed by atoms with van der Waals surface area (Å²) in [7, 11) is 0. The first-order valence-corrected chi connectivity index (χ1v) is 6.27. The van der Waals surface area contributed by atoms with Crippen molar-refractivity contribution in [1.29, 1.82) is 0 Å². The maximum Gasteiger partial charge on any atom is 0.181 e. The Balaban J connectivity index is 2.15. The summed E-state index contributed by atoms with van der Waals surface area (Å²) >= 11 is 0. The molecule has 0 saturated carbocycles. The number of benzene rings is 1. The van der Waals surface area contributed by atoms with Crippen LogP contribution in [0.3, 0.4) is 0 Å². The number of aromatic amines is 1. The standard InChI is InChI=1S/C16H15FN2O/c1-3-11(2)16(20)9-8-14-10-15(19-18-14)12-4-6-13(17)7-5-12/h3-10H,1-2H3,(H,18,19). The number of nitrogens with zero attached hydrogens (tertiary/aromatic N) is 1. The summed E-state index contributed by atoms with van der Waals surface area (Å²) in [6.45, 7) is 3.59. The van der Waals surface area contributed by atoms with Gasteiger partial charge in [0.25, 0.3) is 0 Å². The molecule has 1 N–H and O–H groups in total. The molecule has 1 heterocycles. The number of ketones is 1. The summed E-state index contributed by atoms with van der Waals surface area (Å²) in [5, 5.41) is 6.96. The third kappa shape index (κ3) is 3.29. The van der Waals surface area contributed by atoms with E-state index in [1.54, 1.807) is 31.2 Å². The maximum atomic E-state index is 12.8. The summed E-state index contributed by atoms with van der Waals surface area (Å²) in [5.41, 5.74) is 2.94. The van der Waals surface area contributed by atoms with E-state index in [1.807, 2.05) is 13.0 Å². The zero-order valence-electron chi connectivity index (χ0n) is 11.4. The molecule has 0 atom stereocenters. The van der Waals surface area contributed by atoms with Crippen LogP contribution in [0, 0.1) is 5.82 Å². The molecule has 0 aliphatic rings. The smallest absolute Gasteiger partial charge is 0.181 e. The van der Waals surface area contributed by atoms with E-state index in [0.29, 0.717) is 11.3 Å². The first-order valence-electron chi connectivity index (χ1n) is 6.27. The normalized spacial score (nSPS) is 12.1. The Morgan fingerprint density at radius 3 is 2.65 bits per heavy atom. The van der Waals surface area contributed by atoms with Gasteiger partial charge in [-0.1, -0.05) is 6.08 Å². The Kier molecular flexibility index (Phi) is 4.25. The first-order chi connectivity index (χ1) is 9.60. The molecule has 0 bridgehead atoms. The average Bonchev–Trinajstić information content (AvgIpc) is 2.93. The molecule has 0 aliphatic heterocycles. The summed E-state index contributed by atoms with van der Waals surface area (Å²) in [4.78, 5) is 11.6. The van der Waals surface area contributed by atoms with Gasteiger partial charge in [0.1, 0.15) is 5.82 Å². The molecule has 0 aliphatic carbocycles. The monoisotopic (exact) mass is 270 g/mol. The highest BCUT2D eigenvalue weighted by Crippen LogP contribution is 2.18. The number of rotatable bonds is 4. The number of carbonyl (C=O) groups is 1. The second-order valence-electron chi connectivity index (χ2n) is 4.38. The molecule has 0 spiro atoms. The highest BCUT2D eigenvalue weighted by atomic mass is 19.1. The summed E-state index contributed by atoms with van der Waals surface area (Å²) in [5.74, 6) is -0.317. The minimum absolute atomic E-state index is 0.0366. The lowest BCUT2D eigenvalue weighted by molar-refractivity contribution is -0.111. The molecular weight excluding hydrogens is 255 g/mol. The van der Waals surface area contributed by atoms with Crippen LogP contribution >= 0.6 is 0 Å². The molecule has 2 aromatic rings. The lowest BCUT2D eigenvalue weighted by Crippen LogP contribution is -1.92. The van der Waals surface area contributed by atoms with E-state index in [2.05, 4.69) is 10.2 Å². The zero-order chi connectivity index (χ0) is 14.5. The van der Waals surface area contributed by atoms with Crippen LogP contribution < -0.4 is 0 Å². The van der Waals surface area contributed by atoms with Gasteiger partial charge in [0.2, 0.25) is 0 Å². The van der Waals surface area contributed by atoms with Crippen LogP contribution in [0.4, 0.5) is 4.39 Å². The van der Waals surface area contributed by atoms with E-state index in [9.17, 15) is 9.18 Å². The molecule has 20 heavy (non-hydrogen) atoms. The zero-order valence-corrected chi connectivity index (χ0v) is 11.4. The fourth-order valence-corrected chi connectivity index (χ4v) is 1.63. The van der Waals surface area contributed by atoms with Crippen molar-refractivity contribution in [3.63, 3.8) is 0 Å². The topological polar surface area (TPSA) is 45.8 Å². The van der Waals surface area contributed by atoms with E-state index >= 15 is 0 Å². The van der Waals surface area contributed by atoms with Gasteiger partial charge in [-0.25, -0.2) is 4.39 Å². The van der Waals surface area contributed by atoms with Gasteiger partial charge in [0.15, 0.2) is 5.78 Å². The van der Waals surface area contributed by atoms with Crippen molar-refractivity contribution in [2.75, 3.05) is 0 Å². The number of carbonyl (C=O) groups excluding carboxylic acids is 1. The Morgan fingerprint density at radius 1 is 1.30 bits per heavy atom. The van der Waals surface area contributed by atoms with Gasteiger partial charge >= 0.3 is 0 Å². The molecule has 4 heteroatoms. The van der Waals surface area contributed by atoms with Crippen LogP contribution in [0.25, 0.3) is 17.3 Å². The molecule has 0 fully saturated rings. The summed E-state index contributed by atoms with van der Waals surface area (Å²) in [6, 6.07) is 7.90. The second kappa shape index (κ2) is 6.10. The van der Waals surface area contributed by atoms with Crippen LogP contribution in [0.15, 0.2) is 48.1 Å². The minimum atomic E-state index is -0.281. The van der Waals surface area contributed by atoms with Crippen LogP contribution in [0.2, 0.25) is 0 Å². The number of H-pyrrole nitrogens is 1. The van der Waals surface area contributed by atoms with E-state index in [0.717, 1.165) is 11.3 Å². The minimum Gasteiger partial charge on any atom is -0.290 e. The summed E-state index contributed by atoms with van der Waals surface area (Å²) in [6.07, 6.45) is 4.94. The predicted molar refractivity (Wildman–Crippen MR) is 77.5 cm³/mol. The van der Waals surface area contributed by atoms with Gasteiger partial charge < -0.3 is 0 Å². The maximum absolute atomic E-state index is 12.8. The third-order valence-corrected chi connectivity index (χ3v) is 2.97. The van der Waals surface area contributed by atoms with E-state index in [-0.39, 0.29) is 11.6 Å². The molecule has 0 amide bonds. The molecule has 3 nitrogen and oxygen atoms in total. The number of allylic oxidation sites excluding steroid dienone is 3. The molecule has 1 aromatic carbocycles. The Bertz CT molecular complexity index is 666. The second-order valence-corrected chi connectivity index (χ2v) is 4.38. The molecule has 0 radical (unpaired) electrons. The Morgan fingerprint density at radius 2 is 2.00 bits per heavy atom. The first kappa shape index (κ1) is 13.9. The molecule has 0 saturated heterocycles. The molecule has 0 unspecified atom stereocenters. The Labute approximate surface area is 116 Å². The molecule has 2 rings (SSSR count). The molecule has 102 valence electrons. The van der Waals surface area contributed by atoms with Crippen molar-refractivity contribution >= 4 is 11.9 Å². The van der Waals surface area contributed by atoms with E-state index < -0.39 is 0 Å². The average molecular weight is 270 g/mol. The van der Waals surface area contributed by atoms with Gasteiger partial charge in [-0.2, -0.15) is 5.10 Å². The lowest BCUT2D eigenvalue weighted by Gasteiger charge is -1.94. The van der Waals surface area contributed by atoms with Gasteiger partial charge in [-0.05, 0) is 61.9 Å². The fraction of sp³-hybridized carbons (Fsp3) is 0.125. The number of hydrogen-bond acceptors (Lipinski definition) is 2. The number of hydrogen-bond donors (Lipinski definition) is 1. The highest BCUT2D eigenvalue weighted by Gasteiger charge is 2.03. The van der Waals surface area contributed by atoms with Crippen LogP contribution in [-0.2, 0) is 4.79 Å². The fourth-order valence-electron chi connectivity index (χ4n) is 1.63. The van der Waals surface area contributed by atoms with Crippen molar-refractivity contribution in [1.82, 2.24) is 10.2 Å². The largest absolute Gasteiger partial charge is 0.290 e. The number of halogens is 1. The molecular formula is C16H15FN2O. The van der Waals surface area contributed by atoms with Crippen molar-refractivity contribution in [3.8, 4) is 11.3 Å². The van der Waals surface area contributed by atoms with Crippen LogP contribution in [0.5, 0.6) is 0 Å². The van der Waals surface area contributed by atoms with Gasteiger partial charge in [0, 0.05) is 5.56 Å². The number of nitrogens with one attached hydrogen (secondary N) is 1. The third-order valence-electron chi connectivity index (χ3n) is 2.97. The van der Waals surface area contributed by atoms with Crippen LogP contribution in [0.1, 0.15) is 19.5 Å². The predicted octanol–water partition coefficient (Wildman–Crippen LogP) is 3.76. The Hall–Kier alpha value is -2.49. The highest BCUT2D eigenvalue weighted by molar-refractivity contribution is 6.05. The summed E-state index contributed by atoms with van der Waals surface area (Å²) < 4.78 is 12.8. The van der Waals surface area contributed by atoms with Crippen molar-refractivity contribution < 1.29 is 9.18 Å². The van der Waals surface area contributed by atoms with E-state index in [4.69, 9.17) is 0 Å². The van der Waals surface area contributed by atoms with E-state index in [1.165, 1.54) is 18.2 Å². The molecule has 1 aromatic heterocycles. The van der Waals surface area contributed by atoms with Crippen molar-refractivity contribution in [3.05, 3.63) is 59.6 Å². The lowest BCUT2D eigenvalue weighted by atomic mass is 10.1.